The zero-order chi connectivity index (χ0) is 17.4. The summed E-state index contributed by atoms with van der Waals surface area (Å²) in [6, 6.07) is 0. The van der Waals surface area contributed by atoms with Gasteiger partial charge in [0.05, 0.1) is 0 Å². The van der Waals surface area contributed by atoms with E-state index < -0.39 is 0 Å². The quantitative estimate of drug-likeness (QED) is 0.408. The van der Waals surface area contributed by atoms with Gasteiger partial charge in [0.25, 0.3) is 0 Å². The minimum absolute atomic E-state index is 0. The molecule has 0 aromatic heterocycles. The summed E-state index contributed by atoms with van der Waals surface area (Å²) in [4.78, 5) is 0. The summed E-state index contributed by atoms with van der Waals surface area (Å²) in [5.74, 6) is 0. The van der Waals surface area contributed by atoms with Gasteiger partial charge in [0, 0.05) is 0 Å². The van der Waals surface area contributed by atoms with Crippen LogP contribution in [-0.2, 0) is 0 Å². The summed E-state index contributed by atoms with van der Waals surface area (Å²) in [7, 11) is 0. The lowest BCUT2D eigenvalue weighted by Crippen LogP contribution is -1.27. The molecule has 0 aromatic rings. The smallest absolute Gasteiger partial charge is 0.0590 e. The van der Waals surface area contributed by atoms with Crippen LogP contribution >= 0.6 is 0 Å². The maximum Gasteiger partial charge on any atom is -0.0590 e. The molecule has 0 nitrogen and oxygen atoms in total. The van der Waals surface area contributed by atoms with Crippen LogP contribution in [0, 0.1) is 0 Å². The van der Waals surface area contributed by atoms with E-state index in [9.17, 15) is 0 Å². The third-order valence-electron chi connectivity index (χ3n) is 0. The molecule has 0 heteroatoms. The molecule has 0 unspecified atom stereocenters. The Morgan fingerprint density at radius 3 is 0.261 bits per heavy atom. The normalized spacial score (nSPS) is 3.13. The molecule has 0 spiro atoms. The Morgan fingerprint density at radius 1 is 0.261 bits per heavy atom. The summed E-state index contributed by atoms with van der Waals surface area (Å²) in [5, 5.41) is 0. The Balaban J connectivity index is -0.00000000442. The molecule has 0 amide bonds. The van der Waals surface area contributed by atoms with E-state index in [2.05, 4.69) is 27.7 Å². The average Bonchev–Trinajstić information content (AvgIpc) is 2.52. The van der Waals surface area contributed by atoms with Gasteiger partial charge in [-0.1, -0.05) is 161 Å². The third-order valence-corrected chi connectivity index (χ3v) is 0. The van der Waals surface area contributed by atoms with Gasteiger partial charge in [-0.05, 0) is 0 Å². The zero-order valence-corrected chi connectivity index (χ0v) is 17.4. The van der Waals surface area contributed by atoms with E-state index in [4.69, 9.17) is 0 Å². The molecule has 0 rings (SSSR count). The fraction of sp³-hybridized carbons (Fsp3) is 1.00. The SMILES string of the molecule is C.C.C.C.C.CC.CC.CC.CC.CC.CC.CCC.CCC. The molecule has 0 aromatic carbocycles. The average molecular weight is 349 g/mol. The lowest BCUT2D eigenvalue weighted by Gasteiger charge is -1.48. The van der Waals surface area contributed by atoms with Gasteiger partial charge in [-0.15, -0.1) is 0 Å². The lowest BCUT2D eigenvalue weighted by molar-refractivity contribution is 1.09. The Hall–Kier alpha value is 0. The highest BCUT2D eigenvalue weighted by atomic mass is 13.4. The lowest BCUT2D eigenvalue weighted by atomic mass is 10.6. The summed E-state index contributed by atoms with van der Waals surface area (Å²) in [6.07, 6.45) is 2.50. The summed E-state index contributed by atoms with van der Waals surface area (Å²) in [6.45, 7) is 32.5. The third kappa shape index (κ3) is 0. The predicted molar refractivity (Wildman–Crippen MR) is 134 cm³/mol. The van der Waals surface area contributed by atoms with Crippen LogP contribution in [0.25, 0.3) is 0 Å². The summed E-state index contributed by atoms with van der Waals surface area (Å²) >= 11 is 0. The van der Waals surface area contributed by atoms with Crippen molar-refractivity contribution in [1.82, 2.24) is 0 Å². The second-order valence-electron chi connectivity index (χ2n) is 1.41. The molecule has 0 saturated carbocycles. The minimum atomic E-state index is 0. The maximum absolute atomic E-state index is 2.12. The second-order valence-corrected chi connectivity index (χ2v) is 1.41. The Bertz CT molecular complexity index is 2.00. The first-order valence-electron chi connectivity index (χ1n) is 8.83. The van der Waals surface area contributed by atoms with Crippen molar-refractivity contribution in [2.75, 3.05) is 0 Å². The first kappa shape index (κ1) is 111. The monoisotopic (exact) mass is 349 g/mol. The first-order valence-corrected chi connectivity index (χ1v) is 8.83. The van der Waals surface area contributed by atoms with Crippen molar-refractivity contribution in [3.63, 3.8) is 0 Å². The van der Waals surface area contributed by atoms with Crippen LogP contribution < -0.4 is 0 Å². The zero-order valence-electron chi connectivity index (χ0n) is 17.4. The van der Waals surface area contributed by atoms with Crippen LogP contribution in [0.1, 0.15) is 161 Å². The van der Waals surface area contributed by atoms with Gasteiger partial charge >= 0.3 is 0 Å². The molecule has 164 valence electrons. The van der Waals surface area contributed by atoms with Crippen molar-refractivity contribution in [2.24, 2.45) is 0 Å². The Kier molecular flexibility index (Phi) is 11700. The van der Waals surface area contributed by atoms with Crippen molar-refractivity contribution in [1.29, 1.82) is 0 Å². The molecule has 0 aliphatic rings. The minimum Gasteiger partial charge on any atom is -0.0776 e. The van der Waals surface area contributed by atoms with E-state index in [1.807, 2.05) is 83.1 Å². The summed E-state index contributed by atoms with van der Waals surface area (Å²) < 4.78 is 0. The van der Waals surface area contributed by atoms with Crippen molar-refractivity contribution >= 4 is 0 Å². The van der Waals surface area contributed by atoms with Crippen LogP contribution in [0.5, 0.6) is 0 Å². The second kappa shape index (κ2) is 2430. The van der Waals surface area contributed by atoms with Crippen molar-refractivity contribution in [2.45, 2.75) is 161 Å². The molecule has 0 fully saturated rings. The largest absolute Gasteiger partial charge is 0.0776 e. The first-order chi connectivity index (χ1) is 8.83. The Labute approximate surface area is 161 Å². The highest BCUT2D eigenvalue weighted by molar-refractivity contribution is 3.92. The Morgan fingerprint density at radius 2 is 0.261 bits per heavy atom. The van der Waals surface area contributed by atoms with E-state index in [1.54, 1.807) is 0 Å². The van der Waals surface area contributed by atoms with Crippen LogP contribution in [-0.4, -0.2) is 0 Å². The van der Waals surface area contributed by atoms with Gasteiger partial charge in [-0.25, -0.2) is 0 Å². The van der Waals surface area contributed by atoms with E-state index >= 15 is 0 Å². The molecule has 0 saturated heterocycles. The van der Waals surface area contributed by atoms with E-state index in [-0.39, 0.29) is 37.1 Å². The van der Waals surface area contributed by atoms with E-state index in [0.29, 0.717) is 0 Å². The van der Waals surface area contributed by atoms with Gasteiger partial charge < -0.3 is 0 Å². The molecular weight excluding hydrogens is 276 g/mol. The van der Waals surface area contributed by atoms with Crippen LogP contribution in [0.3, 0.4) is 0 Å². The number of hydrogen-bond donors (Lipinski definition) is 0. The van der Waals surface area contributed by atoms with E-state index in [0.717, 1.165) is 0 Å². The molecule has 0 aliphatic heterocycles. The molecular formula is C23H72. The van der Waals surface area contributed by atoms with Gasteiger partial charge in [0.2, 0.25) is 0 Å². The molecule has 0 N–H and O–H groups in total. The van der Waals surface area contributed by atoms with Crippen molar-refractivity contribution in [3.05, 3.63) is 0 Å². The van der Waals surface area contributed by atoms with Gasteiger partial charge in [-0.2, -0.15) is 0 Å². The van der Waals surface area contributed by atoms with Crippen LogP contribution in [0.15, 0.2) is 0 Å². The molecule has 0 bridgehead atoms. The summed E-state index contributed by atoms with van der Waals surface area (Å²) in [5.41, 5.74) is 0. The fourth-order valence-corrected chi connectivity index (χ4v) is 0. The highest BCUT2D eigenvalue weighted by Crippen LogP contribution is 1.56. The van der Waals surface area contributed by atoms with Gasteiger partial charge in [-0.3, -0.25) is 0 Å². The van der Waals surface area contributed by atoms with Gasteiger partial charge in [0.1, 0.15) is 0 Å². The van der Waals surface area contributed by atoms with Crippen LogP contribution in [0.2, 0.25) is 0 Å². The predicted octanol–water partition coefficient (Wildman–Crippen LogP) is 12.2. The molecule has 23 heavy (non-hydrogen) atoms. The van der Waals surface area contributed by atoms with Crippen LogP contribution in [0.4, 0.5) is 0 Å². The number of hydrogen-bond acceptors (Lipinski definition) is 0. The van der Waals surface area contributed by atoms with Crippen molar-refractivity contribution in [3.8, 4) is 0 Å². The fourth-order valence-electron chi connectivity index (χ4n) is 0. The molecule has 0 atom stereocenters. The molecule has 0 radical (unpaired) electrons. The highest BCUT2D eigenvalue weighted by Gasteiger charge is 1.36. The number of rotatable bonds is 0. The maximum atomic E-state index is 2.12. The van der Waals surface area contributed by atoms with E-state index in [1.165, 1.54) is 12.8 Å². The molecule has 0 aliphatic carbocycles. The van der Waals surface area contributed by atoms with Crippen molar-refractivity contribution < 1.29 is 0 Å². The van der Waals surface area contributed by atoms with Gasteiger partial charge in [0.15, 0.2) is 0 Å². The standard InChI is InChI=1S/2C3H8.6C2H6.5CH4/c2*1-3-2;6*1-2;;;;;/h2*3H2,1-2H3;6*1-2H3;5*1H4. The topological polar surface area (TPSA) is 0 Å². The molecule has 0 heterocycles.